The van der Waals surface area contributed by atoms with Crippen LogP contribution in [-0.2, 0) is 19.3 Å². The molecule has 33 heavy (non-hydrogen) atoms. The predicted molar refractivity (Wildman–Crippen MR) is 128 cm³/mol. The normalized spacial score (nSPS) is 19.2. The zero-order chi connectivity index (χ0) is 23.0. The standard InChI is InChI=1S/C25H21N3O4S/c1-32-21-14-8-6-12-19(21)26-22(29)15-27-20-13-7-5-11-18(20)25(24(27)31)28(23(30)16-33-25)17-9-3-2-4-10-17/h2-14H,15-16H2,1H3,(H,26,29). The van der Waals surface area contributed by atoms with E-state index in [-0.39, 0.29) is 30.0 Å². The predicted octanol–water partition coefficient (Wildman–Crippen LogP) is 3.61. The van der Waals surface area contributed by atoms with Gasteiger partial charge in [-0.05, 0) is 30.3 Å². The van der Waals surface area contributed by atoms with E-state index in [9.17, 15) is 14.4 Å². The maximum atomic E-state index is 13.9. The van der Waals surface area contributed by atoms with Gasteiger partial charge in [-0.3, -0.25) is 24.2 Å². The van der Waals surface area contributed by atoms with Crippen LogP contribution in [0.4, 0.5) is 17.1 Å². The number of thioether (sulfide) groups is 1. The molecule has 7 nitrogen and oxygen atoms in total. The molecule has 1 unspecified atom stereocenters. The molecule has 0 aromatic heterocycles. The molecule has 3 aromatic carbocycles. The number of nitrogens with zero attached hydrogens (tertiary/aromatic N) is 2. The summed E-state index contributed by atoms with van der Waals surface area (Å²) in [5.74, 6) is -0.104. The van der Waals surface area contributed by atoms with Gasteiger partial charge in [0.25, 0.3) is 5.91 Å². The van der Waals surface area contributed by atoms with Crippen LogP contribution < -0.4 is 19.9 Å². The Morgan fingerprint density at radius 2 is 1.70 bits per heavy atom. The molecule has 8 heteroatoms. The summed E-state index contributed by atoms with van der Waals surface area (Å²) in [5.41, 5.74) is 2.51. The van der Waals surface area contributed by atoms with Gasteiger partial charge in [-0.25, -0.2) is 0 Å². The number of fused-ring (bicyclic) bond motifs is 2. The molecule has 0 saturated carbocycles. The topological polar surface area (TPSA) is 79.0 Å². The average molecular weight is 460 g/mol. The number of methoxy groups -OCH3 is 1. The lowest BCUT2D eigenvalue weighted by Crippen LogP contribution is -2.50. The third-order valence-corrected chi connectivity index (χ3v) is 7.15. The van der Waals surface area contributed by atoms with E-state index in [4.69, 9.17) is 4.74 Å². The molecular formula is C25H21N3O4S. The molecule has 1 saturated heterocycles. The van der Waals surface area contributed by atoms with E-state index in [0.29, 0.717) is 28.4 Å². The Morgan fingerprint density at radius 1 is 1.00 bits per heavy atom. The average Bonchev–Trinajstić information content (AvgIpc) is 3.31. The second-order valence-electron chi connectivity index (χ2n) is 7.65. The first kappa shape index (κ1) is 21.1. The number of rotatable bonds is 5. The zero-order valence-corrected chi connectivity index (χ0v) is 18.7. The summed E-state index contributed by atoms with van der Waals surface area (Å²) in [5, 5.41) is 2.83. The fourth-order valence-electron chi connectivity index (χ4n) is 4.37. The van der Waals surface area contributed by atoms with E-state index in [1.54, 1.807) is 23.1 Å². The molecule has 3 aromatic rings. The SMILES string of the molecule is COc1ccccc1NC(=O)CN1C(=O)C2(SCC(=O)N2c2ccccc2)c2ccccc21. The number of amides is 3. The molecule has 2 aliphatic heterocycles. The Labute approximate surface area is 195 Å². The number of hydrogen-bond acceptors (Lipinski definition) is 5. The number of hydrogen-bond donors (Lipinski definition) is 1. The Morgan fingerprint density at radius 3 is 2.48 bits per heavy atom. The minimum atomic E-state index is -1.24. The third-order valence-electron chi connectivity index (χ3n) is 5.76. The van der Waals surface area contributed by atoms with Crippen molar-refractivity contribution >= 4 is 46.5 Å². The number of para-hydroxylation sites is 4. The highest BCUT2D eigenvalue weighted by Gasteiger charge is 2.61. The van der Waals surface area contributed by atoms with Crippen molar-refractivity contribution in [1.29, 1.82) is 0 Å². The minimum Gasteiger partial charge on any atom is -0.495 e. The number of carbonyl (C=O) groups is 3. The summed E-state index contributed by atoms with van der Waals surface area (Å²) < 4.78 is 5.30. The molecule has 0 aliphatic carbocycles. The molecule has 0 radical (unpaired) electrons. The van der Waals surface area contributed by atoms with Crippen molar-refractivity contribution in [2.24, 2.45) is 0 Å². The van der Waals surface area contributed by atoms with Crippen molar-refractivity contribution in [3.8, 4) is 5.75 Å². The molecule has 1 atom stereocenters. The van der Waals surface area contributed by atoms with Gasteiger partial charge >= 0.3 is 0 Å². The Hall–Kier alpha value is -3.78. The molecule has 5 rings (SSSR count). The van der Waals surface area contributed by atoms with E-state index in [0.717, 1.165) is 0 Å². The van der Waals surface area contributed by atoms with Crippen molar-refractivity contribution in [2.75, 3.05) is 34.5 Å². The van der Waals surface area contributed by atoms with Crippen LogP contribution in [0.2, 0.25) is 0 Å². The molecular weight excluding hydrogens is 438 g/mol. The molecule has 1 spiro atoms. The molecule has 166 valence electrons. The zero-order valence-electron chi connectivity index (χ0n) is 17.9. The van der Waals surface area contributed by atoms with Crippen molar-refractivity contribution in [1.82, 2.24) is 0 Å². The Balaban J connectivity index is 1.51. The van der Waals surface area contributed by atoms with Gasteiger partial charge in [0.2, 0.25) is 16.7 Å². The van der Waals surface area contributed by atoms with E-state index in [2.05, 4.69) is 5.32 Å². The van der Waals surface area contributed by atoms with Gasteiger partial charge in [0.15, 0.2) is 0 Å². The van der Waals surface area contributed by atoms with Gasteiger partial charge < -0.3 is 10.1 Å². The number of benzene rings is 3. The highest BCUT2D eigenvalue weighted by atomic mass is 32.2. The first-order chi connectivity index (χ1) is 16.1. The van der Waals surface area contributed by atoms with Gasteiger partial charge in [0.05, 0.1) is 24.2 Å². The largest absolute Gasteiger partial charge is 0.495 e. The van der Waals surface area contributed by atoms with Gasteiger partial charge in [-0.15, -0.1) is 11.8 Å². The van der Waals surface area contributed by atoms with Crippen LogP contribution >= 0.6 is 11.8 Å². The molecule has 2 aliphatic rings. The highest BCUT2D eigenvalue weighted by Crippen LogP contribution is 2.55. The summed E-state index contributed by atoms with van der Waals surface area (Å²) in [6.07, 6.45) is 0. The van der Waals surface area contributed by atoms with Crippen LogP contribution in [0.5, 0.6) is 5.75 Å². The second-order valence-corrected chi connectivity index (χ2v) is 8.82. The van der Waals surface area contributed by atoms with Gasteiger partial charge in [-0.2, -0.15) is 0 Å². The van der Waals surface area contributed by atoms with Crippen LogP contribution in [-0.4, -0.2) is 37.1 Å². The Kier molecular flexibility index (Phi) is 5.30. The first-order valence-electron chi connectivity index (χ1n) is 10.4. The monoisotopic (exact) mass is 459 g/mol. The van der Waals surface area contributed by atoms with E-state index >= 15 is 0 Å². The number of carbonyl (C=O) groups excluding carboxylic acids is 3. The van der Waals surface area contributed by atoms with Crippen molar-refractivity contribution in [3.05, 3.63) is 84.4 Å². The van der Waals surface area contributed by atoms with Gasteiger partial charge in [0, 0.05) is 11.3 Å². The van der Waals surface area contributed by atoms with Crippen LogP contribution in [0.15, 0.2) is 78.9 Å². The van der Waals surface area contributed by atoms with Gasteiger partial charge in [-0.1, -0.05) is 48.5 Å². The fraction of sp³-hybridized carbons (Fsp3) is 0.160. The van der Waals surface area contributed by atoms with E-state index in [1.165, 1.54) is 23.8 Å². The summed E-state index contributed by atoms with van der Waals surface area (Å²) in [6, 6.07) is 23.6. The minimum absolute atomic E-state index is 0.144. The van der Waals surface area contributed by atoms with Crippen molar-refractivity contribution < 1.29 is 19.1 Å². The summed E-state index contributed by atoms with van der Waals surface area (Å²) in [4.78, 5) is 41.7. The molecule has 1 fully saturated rings. The molecule has 0 bridgehead atoms. The maximum absolute atomic E-state index is 13.9. The third kappa shape index (κ3) is 3.34. The van der Waals surface area contributed by atoms with Crippen molar-refractivity contribution in [3.63, 3.8) is 0 Å². The molecule has 1 N–H and O–H groups in total. The molecule has 3 amide bonds. The van der Waals surface area contributed by atoms with Crippen LogP contribution in [0.3, 0.4) is 0 Å². The molecule has 2 heterocycles. The van der Waals surface area contributed by atoms with Crippen molar-refractivity contribution in [2.45, 2.75) is 4.87 Å². The summed E-state index contributed by atoms with van der Waals surface area (Å²) in [7, 11) is 1.53. The first-order valence-corrected chi connectivity index (χ1v) is 11.4. The smallest absolute Gasteiger partial charge is 0.269 e. The lowest BCUT2D eigenvalue weighted by Gasteiger charge is -2.33. The van der Waals surface area contributed by atoms with Gasteiger partial charge in [0.1, 0.15) is 12.3 Å². The fourth-order valence-corrected chi connectivity index (χ4v) is 5.73. The quantitative estimate of drug-likeness (QED) is 0.631. The number of anilines is 3. The number of ether oxygens (including phenoxy) is 1. The Bertz CT molecular complexity index is 1250. The van der Waals surface area contributed by atoms with E-state index in [1.807, 2.05) is 60.7 Å². The lowest BCUT2D eigenvalue weighted by atomic mass is 10.0. The highest BCUT2D eigenvalue weighted by molar-refractivity contribution is 8.02. The summed E-state index contributed by atoms with van der Waals surface area (Å²) >= 11 is 1.29. The van der Waals surface area contributed by atoms with Crippen LogP contribution in [0.1, 0.15) is 5.56 Å². The summed E-state index contributed by atoms with van der Waals surface area (Å²) in [6.45, 7) is -0.187. The van der Waals surface area contributed by atoms with Crippen LogP contribution in [0, 0.1) is 0 Å². The maximum Gasteiger partial charge on any atom is 0.269 e. The second kappa shape index (κ2) is 8.29. The lowest BCUT2D eigenvalue weighted by molar-refractivity contribution is -0.124. The van der Waals surface area contributed by atoms with E-state index < -0.39 is 4.87 Å². The number of nitrogens with one attached hydrogen (secondary N) is 1. The van der Waals surface area contributed by atoms with Crippen LogP contribution in [0.25, 0.3) is 0 Å².